The molecule has 4 rings (SSSR count). The zero-order valence-electron chi connectivity index (χ0n) is 14.0. The zero-order chi connectivity index (χ0) is 17.4. The number of fused-ring (bicyclic) bond motifs is 1. The summed E-state index contributed by atoms with van der Waals surface area (Å²) in [5.41, 5.74) is 2.19. The molecule has 0 spiro atoms. The highest BCUT2D eigenvalue weighted by Crippen LogP contribution is 2.27. The SMILES string of the molecule is CC1CCCN(c2nc3nccc(-c4ccc(Br)cc4)c3c(=O)[nH]2)C1. The van der Waals surface area contributed by atoms with Gasteiger partial charge in [0.15, 0.2) is 5.65 Å². The molecule has 0 radical (unpaired) electrons. The Balaban J connectivity index is 1.83. The summed E-state index contributed by atoms with van der Waals surface area (Å²) in [6.45, 7) is 4.07. The normalized spacial score (nSPS) is 17.8. The summed E-state index contributed by atoms with van der Waals surface area (Å²) in [7, 11) is 0. The van der Waals surface area contributed by atoms with Gasteiger partial charge in [0.1, 0.15) is 0 Å². The average Bonchev–Trinajstić information content (AvgIpc) is 2.62. The Hall–Kier alpha value is -2.21. The Morgan fingerprint density at radius 2 is 2.04 bits per heavy atom. The van der Waals surface area contributed by atoms with Crippen LogP contribution in [0, 0.1) is 5.92 Å². The van der Waals surface area contributed by atoms with Crippen LogP contribution in [0.2, 0.25) is 0 Å². The van der Waals surface area contributed by atoms with Gasteiger partial charge in [0.25, 0.3) is 5.56 Å². The van der Waals surface area contributed by atoms with Gasteiger partial charge in [-0.3, -0.25) is 9.78 Å². The minimum absolute atomic E-state index is 0.135. The fraction of sp³-hybridized carbons (Fsp3) is 0.316. The van der Waals surface area contributed by atoms with Crippen molar-refractivity contribution in [3.8, 4) is 11.1 Å². The fourth-order valence-corrected chi connectivity index (χ4v) is 3.72. The van der Waals surface area contributed by atoms with E-state index in [4.69, 9.17) is 0 Å². The first kappa shape index (κ1) is 16.3. The van der Waals surface area contributed by atoms with Crippen molar-refractivity contribution in [2.75, 3.05) is 18.0 Å². The van der Waals surface area contributed by atoms with Crippen molar-refractivity contribution >= 4 is 32.9 Å². The van der Waals surface area contributed by atoms with Crippen molar-refractivity contribution in [2.24, 2.45) is 5.92 Å². The predicted octanol–water partition coefficient (Wildman–Crippen LogP) is 3.98. The molecule has 1 aromatic carbocycles. The lowest BCUT2D eigenvalue weighted by atomic mass is 10.0. The summed E-state index contributed by atoms with van der Waals surface area (Å²) in [6.07, 6.45) is 4.06. The molecular formula is C19H19BrN4O. The molecule has 3 aromatic rings. The number of piperidine rings is 1. The van der Waals surface area contributed by atoms with Gasteiger partial charge < -0.3 is 4.90 Å². The van der Waals surface area contributed by atoms with Crippen molar-refractivity contribution in [3.05, 3.63) is 51.4 Å². The van der Waals surface area contributed by atoms with E-state index < -0.39 is 0 Å². The number of benzene rings is 1. The molecule has 128 valence electrons. The number of aromatic nitrogens is 3. The van der Waals surface area contributed by atoms with Crippen LogP contribution in [0.3, 0.4) is 0 Å². The Labute approximate surface area is 154 Å². The first-order valence-electron chi connectivity index (χ1n) is 8.52. The molecule has 1 fully saturated rings. The van der Waals surface area contributed by atoms with E-state index in [0.29, 0.717) is 22.9 Å². The standard InChI is InChI=1S/C19H19BrN4O/c1-12-3-2-10-24(11-12)19-22-17-16(18(25)23-19)15(8-9-21-17)13-4-6-14(20)7-5-13/h4-9,12H,2-3,10-11H2,1H3,(H,21,22,23,25). The van der Waals surface area contributed by atoms with Crippen LogP contribution in [-0.2, 0) is 0 Å². The summed E-state index contributed by atoms with van der Waals surface area (Å²) in [6, 6.07) is 9.77. The van der Waals surface area contributed by atoms with E-state index in [9.17, 15) is 4.79 Å². The Morgan fingerprint density at radius 1 is 1.24 bits per heavy atom. The van der Waals surface area contributed by atoms with E-state index in [1.54, 1.807) is 6.20 Å². The number of nitrogens with zero attached hydrogens (tertiary/aromatic N) is 3. The highest BCUT2D eigenvalue weighted by atomic mass is 79.9. The van der Waals surface area contributed by atoms with Crippen LogP contribution in [0.1, 0.15) is 19.8 Å². The maximum Gasteiger partial charge on any atom is 0.262 e. The first-order chi connectivity index (χ1) is 12.1. The second-order valence-electron chi connectivity index (χ2n) is 6.65. The van der Waals surface area contributed by atoms with Crippen molar-refractivity contribution in [1.29, 1.82) is 0 Å². The van der Waals surface area contributed by atoms with Crippen LogP contribution >= 0.6 is 15.9 Å². The summed E-state index contributed by atoms with van der Waals surface area (Å²) in [4.78, 5) is 26.9. The molecule has 1 N–H and O–H groups in total. The molecule has 25 heavy (non-hydrogen) atoms. The highest BCUT2D eigenvalue weighted by Gasteiger charge is 2.20. The molecule has 6 heteroatoms. The smallest absolute Gasteiger partial charge is 0.262 e. The van der Waals surface area contributed by atoms with Crippen LogP contribution in [0.5, 0.6) is 0 Å². The van der Waals surface area contributed by atoms with Gasteiger partial charge in [0.2, 0.25) is 5.95 Å². The number of anilines is 1. The van der Waals surface area contributed by atoms with Crippen molar-refractivity contribution in [1.82, 2.24) is 15.0 Å². The molecule has 1 aliphatic heterocycles. The molecule has 1 aliphatic rings. The maximum absolute atomic E-state index is 12.8. The molecule has 0 bridgehead atoms. The third kappa shape index (κ3) is 3.18. The maximum atomic E-state index is 12.8. The quantitative estimate of drug-likeness (QED) is 0.708. The second kappa shape index (κ2) is 6.59. The number of H-pyrrole nitrogens is 1. The van der Waals surface area contributed by atoms with E-state index in [0.717, 1.165) is 35.1 Å². The van der Waals surface area contributed by atoms with Crippen molar-refractivity contribution in [3.63, 3.8) is 0 Å². The lowest BCUT2D eigenvalue weighted by Crippen LogP contribution is -2.36. The molecule has 0 saturated carbocycles. The number of rotatable bonds is 2. The minimum atomic E-state index is -0.135. The van der Waals surface area contributed by atoms with Gasteiger partial charge in [-0.05, 0) is 48.1 Å². The van der Waals surface area contributed by atoms with E-state index in [1.165, 1.54) is 6.42 Å². The summed E-state index contributed by atoms with van der Waals surface area (Å²) in [5.74, 6) is 1.24. The third-order valence-corrected chi connectivity index (χ3v) is 5.24. The number of hydrogen-bond donors (Lipinski definition) is 1. The van der Waals surface area contributed by atoms with Crippen LogP contribution in [0.15, 0.2) is 45.8 Å². The molecule has 1 atom stereocenters. The Morgan fingerprint density at radius 3 is 2.80 bits per heavy atom. The molecule has 0 amide bonds. The number of hydrogen-bond acceptors (Lipinski definition) is 4. The monoisotopic (exact) mass is 398 g/mol. The van der Waals surface area contributed by atoms with Crippen LogP contribution < -0.4 is 10.5 Å². The van der Waals surface area contributed by atoms with Crippen LogP contribution in [-0.4, -0.2) is 28.0 Å². The molecule has 5 nitrogen and oxygen atoms in total. The molecule has 2 aromatic heterocycles. The largest absolute Gasteiger partial charge is 0.342 e. The second-order valence-corrected chi connectivity index (χ2v) is 7.56. The minimum Gasteiger partial charge on any atom is -0.342 e. The fourth-order valence-electron chi connectivity index (χ4n) is 3.45. The predicted molar refractivity (Wildman–Crippen MR) is 104 cm³/mol. The Bertz CT molecular complexity index is 967. The van der Waals surface area contributed by atoms with Gasteiger partial charge >= 0.3 is 0 Å². The highest BCUT2D eigenvalue weighted by molar-refractivity contribution is 9.10. The first-order valence-corrected chi connectivity index (χ1v) is 9.31. The van der Waals surface area contributed by atoms with E-state index in [2.05, 4.69) is 42.7 Å². The van der Waals surface area contributed by atoms with Gasteiger partial charge in [-0.1, -0.05) is 35.0 Å². The van der Waals surface area contributed by atoms with Gasteiger partial charge in [-0.25, -0.2) is 4.98 Å². The summed E-state index contributed by atoms with van der Waals surface area (Å²) < 4.78 is 1.00. The van der Waals surface area contributed by atoms with Gasteiger partial charge in [0.05, 0.1) is 5.39 Å². The number of pyridine rings is 1. The van der Waals surface area contributed by atoms with Crippen molar-refractivity contribution in [2.45, 2.75) is 19.8 Å². The zero-order valence-corrected chi connectivity index (χ0v) is 15.6. The van der Waals surface area contributed by atoms with Gasteiger partial charge in [-0.15, -0.1) is 0 Å². The van der Waals surface area contributed by atoms with Crippen molar-refractivity contribution < 1.29 is 0 Å². The molecule has 1 unspecified atom stereocenters. The van der Waals surface area contributed by atoms with Crippen LogP contribution in [0.4, 0.5) is 5.95 Å². The number of halogens is 1. The lowest BCUT2D eigenvalue weighted by Gasteiger charge is -2.31. The van der Waals surface area contributed by atoms with Gasteiger partial charge in [-0.2, -0.15) is 4.98 Å². The topological polar surface area (TPSA) is 61.9 Å². The van der Waals surface area contributed by atoms with E-state index >= 15 is 0 Å². The van der Waals surface area contributed by atoms with Crippen LogP contribution in [0.25, 0.3) is 22.2 Å². The van der Waals surface area contributed by atoms with Gasteiger partial charge in [0, 0.05) is 23.8 Å². The van der Waals surface area contributed by atoms with E-state index in [-0.39, 0.29) is 5.56 Å². The molecule has 3 heterocycles. The molecular weight excluding hydrogens is 380 g/mol. The van der Waals surface area contributed by atoms with E-state index in [1.807, 2.05) is 30.3 Å². The average molecular weight is 399 g/mol. The molecule has 1 saturated heterocycles. The Kier molecular flexibility index (Phi) is 4.29. The third-order valence-electron chi connectivity index (χ3n) is 4.71. The number of nitrogens with one attached hydrogen (secondary N) is 1. The number of aromatic amines is 1. The summed E-state index contributed by atoms with van der Waals surface area (Å²) >= 11 is 3.44. The molecule has 0 aliphatic carbocycles. The summed E-state index contributed by atoms with van der Waals surface area (Å²) in [5, 5.41) is 0.540. The lowest BCUT2D eigenvalue weighted by molar-refractivity contribution is 0.442.